The van der Waals surface area contributed by atoms with Crippen LogP contribution in [0.2, 0.25) is 0 Å². The quantitative estimate of drug-likeness (QED) is 0.493. The summed E-state index contributed by atoms with van der Waals surface area (Å²) in [6.45, 7) is 0.546. The molecule has 0 bridgehead atoms. The number of nitrogens with two attached hydrogens (primary N) is 1. The van der Waals surface area contributed by atoms with Crippen LogP contribution in [0.15, 0.2) is 6.33 Å². The molecule has 0 spiro atoms. The molecule has 2 heterocycles. The highest BCUT2D eigenvalue weighted by molar-refractivity contribution is 5.41. The Bertz CT molecular complexity index is 385. The number of fused-ring (bicyclic) bond motifs is 1. The van der Waals surface area contributed by atoms with Gasteiger partial charge in [0.25, 0.3) is 0 Å². The molecule has 0 aliphatic carbocycles. The van der Waals surface area contributed by atoms with Crippen LogP contribution in [-0.4, -0.2) is 16.6 Å². The van der Waals surface area contributed by atoms with Crippen LogP contribution < -0.4 is 16.3 Å². The molecule has 0 unspecified atom stereocenters. The lowest BCUT2D eigenvalue weighted by molar-refractivity contribution is 0.345. The Hall–Kier alpha value is -1.58. The Kier molecular flexibility index (Phi) is 1.25. The first-order valence-corrected chi connectivity index (χ1v) is 3.26. The van der Waals surface area contributed by atoms with E-state index in [9.17, 15) is 0 Å². The molecule has 11 heavy (non-hydrogen) atoms. The summed E-state index contributed by atoms with van der Waals surface area (Å²) in [7, 11) is 0. The zero-order valence-corrected chi connectivity index (χ0v) is 5.82. The van der Waals surface area contributed by atoms with Crippen molar-refractivity contribution in [3.63, 3.8) is 0 Å². The molecule has 0 saturated carbocycles. The Morgan fingerprint density at radius 1 is 1.45 bits per heavy atom. The first-order valence-electron chi connectivity index (χ1n) is 3.26. The standard InChI is InChI=1S/C7H7N3O/c8-7-5-1-2-11-3-6(5)9-4-10-7/h1,3-4H,2H2,(H2,8,9,10). The number of anilines is 1. The summed E-state index contributed by atoms with van der Waals surface area (Å²) in [5.74, 6) is 0.509. The fourth-order valence-corrected chi connectivity index (χ4v) is 0.985. The molecule has 1 aromatic heterocycles. The lowest BCUT2D eigenvalue weighted by Crippen LogP contribution is -2.34. The van der Waals surface area contributed by atoms with Crippen molar-refractivity contribution < 1.29 is 4.74 Å². The van der Waals surface area contributed by atoms with Gasteiger partial charge in [0, 0.05) is 5.22 Å². The molecule has 0 fully saturated rings. The number of nitrogens with zero attached hydrogens (tertiary/aromatic N) is 2. The van der Waals surface area contributed by atoms with Gasteiger partial charge >= 0.3 is 0 Å². The van der Waals surface area contributed by atoms with Crippen LogP contribution >= 0.6 is 0 Å². The third kappa shape index (κ3) is 0.920. The Morgan fingerprint density at radius 2 is 2.36 bits per heavy atom. The second-order valence-electron chi connectivity index (χ2n) is 2.21. The topological polar surface area (TPSA) is 61.0 Å². The first kappa shape index (κ1) is 6.15. The van der Waals surface area contributed by atoms with Crippen LogP contribution in [0.25, 0.3) is 12.3 Å². The van der Waals surface area contributed by atoms with Gasteiger partial charge in [0.2, 0.25) is 0 Å². The molecule has 2 rings (SSSR count). The molecule has 0 saturated heterocycles. The molecule has 56 valence electrons. The predicted octanol–water partition coefficient (Wildman–Crippen LogP) is -1.39. The van der Waals surface area contributed by atoms with Gasteiger partial charge in [-0.25, -0.2) is 9.97 Å². The van der Waals surface area contributed by atoms with E-state index >= 15 is 0 Å². The number of aromatic nitrogens is 2. The first-order chi connectivity index (χ1) is 5.38. The summed E-state index contributed by atoms with van der Waals surface area (Å²) in [5.41, 5.74) is 5.58. The highest BCUT2D eigenvalue weighted by Crippen LogP contribution is 1.84. The van der Waals surface area contributed by atoms with Crippen LogP contribution in [0, 0.1) is 0 Å². The smallest absolute Gasteiger partial charge is 0.134 e. The maximum Gasteiger partial charge on any atom is 0.134 e. The Labute approximate surface area is 63.0 Å². The van der Waals surface area contributed by atoms with E-state index in [-0.39, 0.29) is 0 Å². The van der Waals surface area contributed by atoms with Crippen LogP contribution in [-0.2, 0) is 4.74 Å². The molecule has 4 nitrogen and oxygen atoms in total. The number of nitrogen functional groups attached to an aromatic ring is 1. The third-order valence-corrected chi connectivity index (χ3v) is 1.52. The molecule has 1 aliphatic heterocycles. The predicted molar refractivity (Wildman–Crippen MR) is 40.6 cm³/mol. The zero-order valence-electron chi connectivity index (χ0n) is 5.82. The summed E-state index contributed by atoms with van der Waals surface area (Å²) in [5, 5.41) is 1.63. The van der Waals surface area contributed by atoms with Crippen molar-refractivity contribution in [3.8, 4) is 0 Å². The lowest BCUT2D eigenvalue weighted by atomic mass is 10.3. The van der Waals surface area contributed by atoms with Crippen molar-refractivity contribution in [1.82, 2.24) is 9.97 Å². The van der Waals surface area contributed by atoms with Gasteiger partial charge in [-0.3, -0.25) is 0 Å². The monoisotopic (exact) mass is 149 g/mol. The maximum atomic E-state index is 5.58. The normalized spacial score (nSPS) is 13.8. The van der Waals surface area contributed by atoms with E-state index in [4.69, 9.17) is 10.5 Å². The number of hydrogen-bond acceptors (Lipinski definition) is 4. The molecule has 4 heteroatoms. The Balaban J connectivity index is 2.88. The Morgan fingerprint density at radius 3 is 3.18 bits per heavy atom. The summed E-state index contributed by atoms with van der Waals surface area (Å²) in [4.78, 5) is 7.83. The van der Waals surface area contributed by atoms with Crippen molar-refractivity contribution in [1.29, 1.82) is 0 Å². The summed E-state index contributed by atoms with van der Waals surface area (Å²) < 4.78 is 5.02. The van der Waals surface area contributed by atoms with Gasteiger partial charge in [-0.15, -0.1) is 0 Å². The SMILES string of the molecule is Nc1ncnc2c1=CCOC=2. The van der Waals surface area contributed by atoms with Gasteiger partial charge in [-0.1, -0.05) is 0 Å². The minimum absolute atomic E-state index is 0.509. The second kappa shape index (κ2) is 2.23. The average Bonchev–Trinajstić information content (AvgIpc) is 2.06. The van der Waals surface area contributed by atoms with Crippen molar-refractivity contribution in [2.75, 3.05) is 12.3 Å². The average molecular weight is 149 g/mol. The summed E-state index contributed by atoms with van der Waals surface area (Å²) in [6, 6.07) is 0. The number of rotatable bonds is 0. The molecule has 0 radical (unpaired) electrons. The van der Waals surface area contributed by atoms with Crippen LogP contribution in [0.1, 0.15) is 0 Å². The fourth-order valence-electron chi connectivity index (χ4n) is 0.985. The highest BCUT2D eigenvalue weighted by Gasteiger charge is 1.97. The summed E-state index contributed by atoms with van der Waals surface area (Å²) in [6.07, 6.45) is 4.88. The van der Waals surface area contributed by atoms with Gasteiger partial charge in [0.15, 0.2) is 0 Å². The minimum Gasteiger partial charge on any atom is -0.495 e. The van der Waals surface area contributed by atoms with E-state index in [0.29, 0.717) is 12.4 Å². The molecule has 0 atom stereocenters. The van der Waals surface area contributed by atoms with E-state index in [2.05, 4.69) is 9.97 Å². The van der Waals surface area contributed by atoms with Crippen molar-refractivity contribution in [3.05, 3.63) is 16.9 Å². The van der Waals surface area contributed by atoms with Gasteiger partial charge in [-0.2, -0.15) is 0 Å². The minimum atomic E-state index is 0.509. The molecular formula is C7H7N3O. The van der Waals surface area contributed by atoms with Crippen molar-refractivity contribution in [2.24, 2.45) is 0 Å². The molecule has 2 N–H and O–H groups in total. The van der Waals surface area contributed by atoms with E-state index < -0.39 is 0 Å². The molecule has 1 aliphatic rings. The van der Waals surface area contributed by atoms with Gasteiger partial charge in [0.1, 0.15) is 30.4 Å². The van der Waals surface area contributed by atoms with Crippen LogP contribution in [0.3, 0.4) is 0 Å². The molecule has 0 aromatic carbocycles. The van der Waals surface area contributed by atoms with Crippen LogP contribution in [0.5, 0.6) is 0 Å². The van der Waals surface area contributed by atoms with E-state index in [1.807, 2.05) is 6.08 Å². The largest absolute Gasteiger partial charge is 0.495 e. The zero-order chi connectivity index (χ0) is 7.68. The van der Waals surface area contributed by atoms with Gasteiger partial charge < -0.3 is 10.5 Å². The third-order valence-electron chi connectivity index (χ3n) is 1.52. The maximum absolute atomic E-state index is 5.58. The van der Waals surface area contributed by atoms with Crippen molar-refractivity contribution in [2.45, 2.75) is 0 Å². The number of hydrogen-bond donors (Lipinski definition) is 1. The second-order valence-corrected chi connectivity index (χ2v) is 2.21. The fraction of sp³-hybridized carbons (Fsp3) is 0.143. The number of ether oxygens (including phenoxy) is 1. The molecule has 0 amide bonds. The van der Waals surface area contributed by atoms with Crippen LogP contribution in [0.4, 0.5) is 5.82 Å². The van der Waals surface area contributed by atoms with Gasteiger partial charge in [-0.05, 0) is 6.08 Å². The van der Waals surface area contributed by atoms with Crippen molar-refractivity contribution >= 4 is 18.2 Å². The highest BCUT2D eigenvalue weighted by atomic mass is 16.5. The summed E-state index contributed by atoms with van der Waals surface area (Å²) >= 11 is 0. The lowest BCUT2D eigenvalue weighted by Gasteiger charge is -2.01. The van der Waals surface area contributed by atoms with E-state index in [0.717, 1.165) is 10.6 Å². The van der Waals surface area contributed by atoms with E-state index in [1.165, 1.54) is 6.33 Å². The molecular weight excluding hydrogens is 142 g/mol. The van der Waals surface area contributed by atoms with Gasteiger partial charge in [0.05, 0.1) is 0 Å². The van der Waals surface area contributed by atoms with E-state index in [1.54, 1.807) is 6.26 Å². The molecule has 1 aromatic rings.